The second-order valence-corrected chi connectivity index (χ2v) is 4.95. The van der Waals surface area contributed by atoms with Gasteiger partial charge >= 0.3 is 0 Å². The van der Waals surface area contributed by atoms with Crippen molar-refractivity contribution < 1.29 is 14.4 Å². The molecule has 0 saturated heterocycles. The van der Waals surface area contributed by atoms with Crippen LogP contribution in [0.15, 0.2) is 27.8 Å². The Bertz CT molecular complexity index is 474. The summed E-state index contributed by atoms with van der Waals surface area (Å²) in [5.74, 6) is -0.866. The zero-order valence-corrected chi connectivity index (χ0v) is 11.9. The lowest BCUT2D eigenvalue weighted by molar-refractivity contribution is 0.0936. The summed E-state index contributed by atoms with van der Waals surface area (Å²) in [5, 5.41) is 14.1. The highest BCUT2D eigenvalue weighted by molar-refractivity contribution is 9.10. The van der Waals surface area contributed by atoms with Gasteiger partial charge in [-0.2, -0.15) is 0 Å². The van der Waals surface area contributed by atoms with Crippen molar-refractivity contribution in [3.05, 3.63) is 34.1 Å². The summed E-state index contributed by atoms with van der Waals surface area (Å²) in [6.45, 7) is 1.86. The summed E-state index contributed by atoms with van der Waals surface area (Å²) >= 11 is 3.12. The molecule has 19 heavy (non-hydrogen) atoms. The van der Waals surface area contributed by atoms with Gasteiger partial charge in [0.15, 0.2) is 0 Å². The normalized spacial score (nSPS) is 13.1. The van der Waals surface area contributed by atoms with Crippen molar-refractivity contribution in [2.24, 2.45) is 10.9 Å². The highest BCUT2D eigenvalue weighted by atomic mass is 79.9. The molecule has 7 heteroatoms. The van der Waals surface area contributed by atoms with E-state index in [0.717, 1.165) is 6.07 Å². The summed E-state index contributed by atoms with van der Waals surface area (Å²) in [7, 11) is 0. The summed E-state index contributed by atoms with van der Waals surface area (Å²) in [4.78, 5) is 11.9. The molecule has 0 spiro atoms. The van der Waals surface area contributed by atoms with E-state index in [4.69, 9.17) is 10.9 Å². The molecule has 104 valence electrons. The lowest BCUT2D eigenvalue weighted by atomic mass is 10.1. The van der Waals surface area contributed by atoms with E-state index in [9.17, 15) is 9.18 Å². The number of oxime groups is 1. The van der Waals surface area contributed by atoms with E-state index >= 15 is 0 Å². The van der Waals surface area contributed by atoms with Crippen LogP contribution in [0.4, 0.5) is 4.39 Å². The summed E-state index contributed by atoms with van der Waals surface area (Å²) < 4.78 is 13.7. The predicted octanol–water partition coefficient (Wildman–Crippen LogP) is 2.23. The third-order valence-corrected chi connectivity index (χ3v) is 2.99. The van der Waals surface area contributed by atoms with Crippen molar-refractivity contribution >= 4 is 27.7 Å². The molecule has 5 nitrogen and oxygen atoms in total. The molecular weight excluding hydrogens is 317 g/mol. The molecule has 0 saturated carbocycles. The molecule has 1 aromatic rings. The van der Waals surface area contributed by atoms with E-state index in [1.54, 1.807) is 0 Å². The molecule has 1 unspecified atom stereocenters. The molecule has 1 atom stereocenters. The Hall–Kier alpha value is -1.63. The highest BCUT2D eigenvalue weighted by Crippen LogP contribution is 2.15. The lowest BCUT2D eigenvalue weighted by Crippen LogP contribution is -2.37. The van der Waals surface area contributed by atoms with Crippen molar-refractivity contribution in [1.29, 1.82) is 0 Å². The van der Waals surface area contributed by atoms with E-state index in [0.29, 0.717) is 10.9 Å². The van der Waals surface area contributed by atoms with Gasteiger partial charge in [-0.05, 0) is 24.6 Å². The molecule has 0 fully saturated rings. The van der Waals surface area contributed by atoms with Gasteiger partial charge in [0.2, 0.25) is 0 Å². The molecule has 0 heterocycles. The van der Waals surface area contributed by atoms with Crippen LogP contribution >= 0.6 is 15.9 Å². The molecule has 0 aliphatic rings. The van der Waals surface area contributed by atoms with Crippen LogP contribution in [-0.4, -0.2) is 23.0 Å². The van der Waals surface area contributed by atoms with Gasteiger partial charge in [0.05, 0.1) is 0 Å². The Morgan fingerprint density at radius 2 is 2.26 bits per heavy atom. The topological polar surface area (TPSA) is 87.7 Å². The van der Waals surface area contributed by atoms with E-state index < -0.39 is 11.7 Å². The molecule has 4 N–H and O–H groups in total. The average molecular weight is 332 g/mol. The maximum atomic E-state index is 13.2. The van der Waals surface area contributed by atoms with E-state index in [2.05, 4.69) is 26.4 Å². The first-order valence-corrected chi connectivity index (χ1v) is 6.49. The minimum Gasteiger partial charge on any atom is -0.409 e. The van der Waals surface area contributed by atoms with Gasteiger partial charge in [0.1, 0.15) is 11.7 Å². The van der Waals surface area contributed by atoms with Crippen molar-refractivity contribution in [3.63, 3.8) is 0 Å². The highest BCUT2D eigenvalue weighted by Gasteiger charge is 2.15. The number of benzene rings is 1. The molecule has 0 radical (unpaired) electrons. The molecule has 0 aliphatic heterocycles. The van der Waals surface area contributed by atoms with Gasteiger partial charge < -0.3 is 16.3 Å². The average Bonchev–Trinajstić information content (AvgIpc) is 2.36. The third kappa shape index (κ3) is 4.86. The van der Waals surface area contributed by atoms with Gasteiger partial charge in [0.25, 0.3) is 5.91 Å². The largest absolute Gasteiger partial charge is 0.409 e. The molecule has 1 amide bonds. The van der Waals surface area contributed by atoms with Crippen LogP contribution in [0.25, 0.3) is 0 Å². The Morgan fingerprint density at radius 3 is 2.79 bits per heavy atom. The molecule has 0 aromatic heterocycles. The fourth-order valence-electron chi connectivity index (χ4n) is 1.54. The smallest absolute Gasteiger partial charge is 0.251 e. The first-order chi connectivity index (χ1) is 8.96. The van der Waals surface area contributed by atoms with Gasteiger partial charge in [-0.1, -0.05) is 28.0 Å². The zero-order chi connectivity index (χ0) is 14.4. The maximum Gasteiger partial charge on any atom is 0.251 e. The Morgan fingerprint density at radius 1 is 1.58 bits per heavy atom. The fourth-order valence-corrected chi connectivity index (χ4v) is 2.01. The number of hydrogen-bond acceptors (Lipinski definition) is 3. The van der Waals surface area contributed by atoms with Gasteiger partial charge in [-0.3, -0.25) is 4.79 Å². The number of carbonyl (C=O) groups is 1. The van der Waals surface area contributed by atoms with Gasteiger partial charge in [-0.15, -0.1) is 0 Å². The fraction of sp³-hybridized carbons (Fsp3) is 0.333. The standard InChI is InChI=1S/C12H15BrFN3O2/c1-2-10(6-11(15)17-19)16-12(18)7-3-8(13)5-9(14)4-7/h3-5,10,19H,2,6H2,1H3,(H2,15,17)(H,16,18). The van der Waals surface area contributed by atoms with Gasteiger partial charge in [0, 0.05) is 22.5 Å². The second-order valence-electron chi connectivity index (χ2n) is 4.03. The number of hydrogen-bond donors (Lipinski definition) is 3. The minimum absolute atomic E-state index is 0.0348. The predicted molar refractivity (Wildman–Crippen MR) is 73.7 cm³/mol. The second kappa shape index (κ2) is 7.08. The third-order valence-electron chi connectivity index (χ3n) is 2.54. The van der Waals surface area contributed by atoms with Crippen molar-refractivity contribution in [3.8, 4) is 0 Å². The molecule has 0 bridgehead atoms. The number of carbonyl (C=O) groups excluding carboxylic acids is 1. The number of amides is 1. The minimum atomic E-state index is -0.496. The van der Waals surface area contributed by atoms with E-state index in [1.165, 1.54) is 12.1 Å². The SMILES string of the molecule is CCC(CC(N)=NO)NC(=O)c1cc(F)cc(Br)c1. The summed E-state index contributed by atoms with van der Waals surface area (Å²) in [6, 6.07) is 3.67. The first-order valence-electron chi connectivity index (χ1n) is 5.69. The zero-order valence-electron chi connectivity index (χ0n) is 10.4. The monoisotopic (exact) mass is 331 g/mol. The first kappa shape index (κ1) is 15.4. The quantitative estimate of drug-likeness (QED) is 0.334. The van der Waals surface area contributed by atoms with Crippen LogP contribution in [0.3, 0.4) is 0 Å². The van der Waals surface area contributed by atoms with Crippen LogP contribution in [-0.2, 0) is 0 Å². The Kier molecular flexibility index (Phi) is 5.75. The van der Waals surface area contributed by atoms with Crippen LogP contribution in [0.5, 0.6) is 0 Å². The maximum absolute atomic E-state index is 13.2. The lowest BCUT2D eigenvalue weighted by Gasteiger charge is -2.16. The number of halogens is 2. The number of rotatable bonds is 5. The molecule has 1 aromatic carbocycles. The Balaban J connectivity index is 2.77. The summed E-state index contributed by atoms with van der Waals surface area (Å²) in [5.41, 5.74) is 5.61. The van der Waals surface area contributed by atoms with Crippen LogP contribution < -0.4 is 11.1 Å². The van der Waals surface area contributed by atoms with Crippen LogP contribution in [0.1, 0.15) is 30.1 Å². The molecule has 0 aliphatic carbocycles. The molecular formula is C12H15BrFN3O2. The van der Waals surface area contributed by atoms with E-state index in [-0.39, 0.29) is 23.9 Å². The van der Waals surface area contributed by atoms with Crippen LogP contribution in [0, 0.1) is 5.82 Å². The number of amidine groups is 1. The Labute approximate surface area is 118 Å². The van der Waals surface area contributed by atoms with Crippen molar-refractivity contribution in [1.82, 2.24) is 5.32 Å². The number of nitrogens with one attached hydrogen (secondary N) is 1. The van der Waals surface area contributed by atoms with Crippen LogP contribution in [0.2, 0.25) is 0 Å². The molecule has 1 rings (SSSR count). The van der Waals surface area contributed by atoms with Crippen molar-refractivity contribution in [2.75, 3.05) is 0 Å². The number of nitrogens with zero attached hydrogens (tertiary/aromatic N) is 1. The van der Waals surface area contributed by atoms with Gasteiger partial charge in [-0.25, -0.2) is 4.39 Å². The van der Waals surface area contributed by atoms with E-state index in [1.807, 2.05) is 6.92 Å². The van der Waals surface area contributed by atoms with Crippen molar-refractivity contribution in [2.45, 2.75) is 25.8 Å². The summed E-state index contributed by atoms with van der Waals surface area (Å²) in [6.07, 6.45) is 0.841. The number of nitrogens with two attached hydrogens (primary N) is 1.